The van der Waals surface area contributed by atoms with Gasteiger partial charge in [0.2, 0.25) is 5.91 Å². The second-order valence-electron chi connectivity index (χ2n) is 8.15. The summed E-state index contributed by atoms with van der Waals surface area (Å²) in [7, 11) is -3.07. The van der Waals surface area contributed by atoms with Crippen molar-refractivity contribution >= 4 is 27.5 Å². The average molecular weight is 391 g/mol. The lowest BCUT2D eigenvalue weighted by Crippen LogP contribution is -2.48. The Bertz CT molecular complexity index is 877. The molecule has 3 amide bonds. The number of carbonyl (C=O) groups is 2. The third-order valence-corrected chi connectivity index (χ3v) is 7.16. The van der Waals surface area contributed by atoms with Gasteiger partial charge in [0.15, 0.2) is 0 Å². The van der Waals surface area contributed by atoms with E-state index in [1.165, 1.54) is 11.2 Å². The van der Waals surface area contributed by atoms with Crippen molar-refractivity contribution in [1.29, 1.82) is 0 Å². The molecule has 1 aromatic rings. The SMILES string of the molecule is CS(=O)(=O)CC1(c2ccc(N3C(=O)N4CCCC[C@@H]4C3C(N)=O)cc2)CC1. The minimum Gasteiger partial charge on any atom is -0.368 e. The Morgan fingerprint density at radius 1 is 1.22 bits per heavy atom. The molecule has 0 radical (unpaired) electrons. The summed E-state index contributed by atoms with van der Waals surface area (Å²) in [6.07, 6.45) is 5.67. The van der Waals surface area contributed by atoms with Crippen LogP contribution in [0.15, 0.2) is 24.3 Å². The fraction of sp³-hybridized carbons (Fsp3) is 0.579. The third kappa shape index (κ3) is 3.20. The van der Waals surface area contributed by atoms with Gasteiger partial charge in [-0.3, -0.25) is 9.69 Å². The number of amides is 3. The molecule has 1 aliphatic carbocycles. The van der Waals surface area contributed by atoms with Crippen LogP contribution in [-0.2, 0) is 20.0 Å². The summed E-state index contributed by atoms with van der Waals surface area (Å²) >= 11 is 0. The molecule has 1 unspecified atom stereocenters. The molecule has 0 bridgehead atoms. The summed E-state index contributed by atoms with van der Waals surface area (Å²) in [6.45, 7) is 0.652. The summed E-state index contributed by atoms with van der Waals surface area (Å²) in [5, 5.41) is 0. The van der Waals surface area contributed by atoms with Crippen LogP contribution >= 0.6 is 0 Å². The predicted octanol–water partition coefficient (Wildman–Crippen LogP) is 1.41. The number of sulfone groups is 1. The number of carbonyl (C=O) groups excluding carboxylic acids is 2. The minimum absolute atomic E-state index is 0.141. The topological polar surface area (TPSA) is 101 Å². The first-order valence-corrected chi connectivity index (χ1v) is 11.5. The van der Waals surface area contributed by atoms with Crippen LogP contribution in [0.4, 0.5) is 10.5 Å². The van der Waals surface area contributed by atoms with Gasteiger partial charge in [0.05, 0.1) is 11.8 Å². The van der Waals surface area contributed by atoms with E-state index in [-0.39, 0.29) is 23.2 Å². The quantitative estimate of drug-likeness (QED) is 0.820. The minimum atomic E-state index is -3.07. The van der Waals surface area contributed by atoms with E-state index in [9.17, 15) is 18.0 Å². The highest BCUT2D eigenvalue weighted by Crippen LogP contribution is 2.49. The van der Waals surface area contributed by atoms with Crippen LogP contribution in [0, 0.1) is 0 Å². The van der Waals surface area contributed by atoms with Crippen molar-refractivity contribution in [3.8, 4) is 0 Å². The van der Waals surface area contributed by atoms with Gasteiger partial charge < -0.3 is 10.6 Å². The van der Waals surface area contributed by atoms with E-state index in [4.69, 9.17) is 5.73 Å². The Morgan fingerprint density at radius 2 is 1.89 bits per heavy atom. The third-order valence-electron chi connectivity index (χ3n) is 6.09. The molecule has 2 heterocycles. The van der Waals surface area contributed by atoms with Gasteiger partial charge in [-0.2, -0.15) is 0 Å². The van der Waals surface area contributed by atoms with Gasteiger partial charge in [0.1, 0.15) is 15.9 Å². The number of urea groups is 1. The van der Waals surface area contributed by atoms with Crippen LogP contribution in [0.5, 0.6) is 0 Å². The van der Waals surface area contributed by atoms with Crippen LogP contribution in [-0.4, -0.2) is 55.9 Å². The highest BCUT2D eigenvalue weighted by Gasteiger charge is 2.50. The van der Waals surface area contributed by atoms with Gasteiger partial charge >= 0.3 is 6.03 Å². The zero-order chi connectivity index (χ0) is 19.4. The lowest BCUT2D eigenvalue weighted by Gasteiger charge is -2.29. The Balaban J connectivity index is 1.63. The zero-order valence-corrected chi connectivity index (χ0v) is 16.2. The van der Waals surface area contributed by atoms with Gasteiger partial charge in [-0.25, -0.2) is 13.2 Å². The largest absolute Gasteiger partial charge is 0.368 e. The van der Waals surface area contributed by atoms with Gasteiger partial charge in [-0.05, 0) is 49.8 Å². The number of rotatable bonds is 5. The van der Waals surface area contributed by atoms with E-state index in [2.05, 4.69) is 0 Å². The first kappa shape index (κ1) is 18.3. The van der Waals surface area contributed by atoms with Crippen LogP contribution in [0.25, 0.3) is 0 Å². The molecule has 8 heteroatoms. The Labute approximate surface area is 159 Å². The van der Waals surface area contributed by atoms with Crippen molar-refractivity contribution in [3.63, 3.8) is 0 Å². The fourth-order valence-corrected chi connectivity index (χ4v) is 6.14. The monoisotopic (exact) mass is 391 g/mol. The van der Waals surface area contributed by atoms with Crippen molar-refractivity contribution < 1.29 is 18.0 Å². The van der Waals surface area contributed by atoms with Crippen molar-refractivity contribution in [2.45, 2.75) is 49.6 Å². The second kappa shape index (κ2) is 6.22. The Hall–Kier alpha value is -2.09. The standard InChI is InChI=1S/C19H25N3O4S/c1-27(25,26)12-19(9-10-19)13-5-7-14(8-6-13)22-16(17(20)23)15-4-2-3-11-21(15)18(22)24/h5-8,15-16H,2-4,9-12H2,1H3,(H2,20,23)/t15-,16?/m1/s1. The lowest BCUT2D eigenvalue weighted by molar-refractivity contribution is -0.119. The molecule has 3 fully saturated rings. The number of nitrogens with two attached hydrogens (primary N) is 1. The molecule has 2 N–H and O–H groups in total. The summed E-state index contributed by atoms with van der Waals surface area (Å²) in [6, 6.07) is 6.40. The van der Waals surface area contributed by atoms with Crippen LogP contribution in [0.2, 0.25) is 0 Å². The number of hydrogen-bond acceptors (Lipinski definition) is 4. The Morgan fingerprint density at radius 3 is 2.44 bits per heavy atom. The first-order valence-electron chi connectivity index (χ1n) is 9.39. The highest BCUT2D eigenvalue weighted by molar-refractivity contribution is 7.90. The number of anilines is 1. The summed E-state index contributed by atoms with van der Waals surface area (Å²) in [5.41, 5.74) is 6.95. The molecule has 0 aromatic heterocycles. The highest BCUT2D eigenvalue weighted by atomic mass is 32.2. The summed E-state index contributed by atoms with van der Waals surface area (Å²) < 4.78 is 23.5. The predicted molar refractivity (Wildman–Crippen MR) is 102 cm³/mol. The van der Waals surface area contributed by atoms with Gasteiger partial charge in [0.25, 0.3) is 0 Å². The molecule has 4 rings (SSSR count). The molecule has 7 nitrogen and oxygen atoms in total. The fourth-order valence-electron chi connectivity index (χ4n) is 4.69. The van der Waals surface area contributed by atoms with Crippen molar-refractivity contribution in [2.75, 3.05) is 23.5 Å². The molecule has 1 aromatic carbocycles. The first-order chi connectivity index (χ1) is 12.7. The second-order valence-corrected chi connectivity index (χ2v) is 10.3. The van der Waals surface area contributed by atoms with E-state index in [0.717, 1.165) is 37.7 Å². The van der Waals surface area contributed by atoms with Gasteiger partial charge in [0, 0.05) is 23.9 Å². The smallest absolute Gasteiger partial charge is 0.325 e. The summed E-state index contributed by atoms with van der Waals surface area (Å²) in [5.74, 6) is -0.348. The molecule has 1 saturated carbocycles. The molecule has 0 spiro atoms. The normalized spacial score (nSPS) is 26.8. The van der Waals surface area contributed by atoms with Gasteiger partial charge in [-0.1, -0.05) is 12.1 Å². The molecule has 27 heavy (non-hydrogen) atoms. The number of fused-ring (bicyclic) bond motifs is 1. The van der Waals surface area contributed by atoms with E-state index in [1.807, 2.05) is 24.3 Å². The number of hydrogen-bond donors (Lipinski definition) is 1. The van der Waals surface area contributed by atoms with E-state index >= 15 is 0 Å². The van der Waals surface area contributed by atoms with E-state index < -0.39 is 21.8 Å². The van der Waals surface area contributed by atoms with Crippen LogP contribution in [0.3, 0.4) is 0 Å². The number of nitrogens with zero attached hydrogens (tertiary/aromatic N) is 2. The molecule has 146 valence electrons. The number of benzene rings is 1. The molecular weight excluding hydrogens is 366 g/mol. The maximum absolute atomic E-state index is 12.9. The van der Waals surface area contributed by atoms with Crippen molar-refractivity contribution in [2.24, 2.45) is 5.73 Å². The van der Waals surface area contributed by atoms with Crippen molar-refractivity contribution in [3.05, 3.63) is 29.8 Å². The maximum atomic E-state index is 12.9. The lowest BCUT2D eigenvalue weighted by atomic mass is 9.96. The van der Waals surface area contributed by atoms with Crippen LogP contribution < -0.4 is 10.6 Å². The molecule has 2 aliphatic heterocycles. The average Bonchev–Trinajstić information content (AvgIpc) is 3.31. The van der Waals surface area contributed by atoms with Gasteiger partial charge in [-0.15, -0.1) is 0 Å². The van der Waals surface area contributed by atoms with Crippen LogP contribution in [0.1, 0.15) is 37.7 Å². The van der Waals surface area contributed by atoms with Crippen molar-refractivity contribution in [1.82, 2.24) is 4.90 Å². The molecule has 3 aliphatic rings. The van der Waals surface area contributed by atoms with E-state index in [0.29, 0.717) is 12.2 Å². The number of primary amides is 1. The Kier molecular flexibility index (Phi) is 4.21. The molecule has 2 saturated heterocycles. The number of piperidine rings is 1. The summed E-state index contributed by atoms with van der Waals surface area (Å²) in [4.78, 5) is 28.3. The maximum Gasteiger partial charge on any atom is 0.325 e. The molecular formula is C19H25N3O4S. The molecule has 2 atom stereocenters. The van der Waals surface area contributed by atoms with E-state index in [1.54, 1.807) is 4.90 Å². The zero-order valence-electron chi connectivity index (χ0n) is 15.4.